The molecule has 1 aromatic heterocycles. The third-order valence-electron chi connectivity index (χ3n) is 6.73. The van der Waals surface area contributed by atoms with Crippen LogP contribution in [0, 0.1) is 5.82 Å². The standard InChI is InChI=1S/C23H28BrFN4O5S/c1-5-35(31,32)21-26-19-16(14-10-33-11-15(14)17(24)18(19)25)20(27-21)29-12-6-7-13(29)9-28(8-12)22(30)34-23(2,3)4/h12-13H,5-11H2,1-4H3/t12-,13+. The molecule has 2 aromatic rings. The normalized spacial score (nSPS) is 22.1. The monoisotopic (exact) mass is 570 g/mol. The number of rotatable bonds is 3. The molecule has 5 rings (SSSR count). The molecular formula is C23H28BrFN4O5S. The van der Waals surface area contributed by atoms with Crippen LogP contribution in [-0.4, -0.2) is 65.9 Å². The Balaban J connectivity index is 1.65. The lowest BCUT2D eigenvalue weighted by Gasteiger charge is -2.42. The number of hydrogen-bond acceptors (Lipinski definition) is 8. The van der Waals surface area contributed by atoms with Gasteiger partial charge in [-0.15, -0.1) is 0 Å². The third-order valence-corrected chi connectivity index (χ3v) is 9.06. The van der Waals surface area contributed by atoms with Crippen LogP contribution in [0.4, 0.5) is 15.0 Å². The van der Waals surface area contributed by atoms with Crippen LogP contribution in [0.2, 0.25) is 0 Å². The summed E-state index contributed by atoms with van der Waals surface area (Å²) in [5.41, 5.74) is 0.806. The largest absolute Gasteiger partial charge is 0.444 e. The summed E-state index contributed by atoms with van der Waals surface area (Å²) in [6, 6.07) is -0.220. The van der Waals surface area contributed by atoms with Crippen LogP contribution in [-0.2, 0) is 32.5 Å². The van der Waals surface area contributed by atoms with Gasteiger partial charge in [0.05, 0.1) is 28.8 Å². The molecule has 3 aliphatic rings. The molecule has 0 saturated carbocycles. The smallest absolute Gasteiger partial charge is 0.410 e. The van der Waals surface area contributed by atoms with Gasteiger partial charge in [-0.2, -0.15) is 0 Å². The number of carbonyl (C=O) groups excluding carboxylic acids is 1. The number of fused-ring (bicyclic) bond motifs is 5. The lowest BCUT2D eigenvalue weighted by atomic mass is 10.0. The van der Waals surface area contributed by atoms with Gasteiger partial charge in [-0.05, 0) is 55.1 Å². The van der Waals surface area contributed by atoms with Crippen molar-refractivity contribution in [2.75, 3.05) is 23.7 Å². The van der Waals surface area contributed by atoms with Gasteiger partial charge in [-0.25, -0.2) is 27.6 Å². The van der Waals surface area contributed by atoms with Crippen LogP contribution in [0.5, 0.6) is 0 Å². The maximum absolute atomic E-state index is 15.5. The first-order valence-corrected chi connectivity index (χ1v) is 14.1. The Morgan fingerprint density at radius 1 is 1.17 bits per heavy atom. The summed E-state index contributed by atoms with van der Waals surface area (Å²) in [4.78, 5) is 25.2. The van der Waals surface area contributed by atoms with Crippen molar-refractivity contribution in [3.8, 4) is 0 Å². The Hall–Kier alpha value is -2.05. The van der Waals surface area contributed by atoms with Crippen molar-refractivity contribution in [3.05, 3.63) is 21.4 Å². The Morgan fingerprint density at radius 2 is 1.80 bits per heavy atom. The number of nitrogens with zero attached hydrogens (tertiary/aromatic N) is 4. The van der Waals surface area contributed by atoms with Crippen molar-refractivity contribution in [2.24, 2.45) is 0 Å². The SMILES string of the molecule is CCS(=O)(=O)c1nc(N2[C@@H]3CC[C@H]2CN(C(=O)OC(C)(C)C)C3)c2c3c(c(Br)c(F)c2n1)COC3. The molecule has 0 radical (unpaired) electrons. The molecule has 2 saturated heterocycles. The predicted molar refractivity (Wildman–Crippen MR) is 131 cm³/mol. The van der Waals surface area contributed by atoms with Crippen molar-refractivity contribution in [3.63, 3.8) is 0 Å². The van der Waals surface area contributed by atoms with Crippen molar-refractivity contribution < 1.29 is 27.1 Å². The number of aromatic nitrogens is 2. The maximum Gasteiger partial charge on any atom is 0.410 e. The molecule has 1 amide bonds. The minimum atomic E-state index is -3.80. The van der Waals surface area contributed by atoms with Gasteiger partial charge in [0.2, 0.25) is 15.0 Å². The summed E-state index contributed by atoms with van der Waals surface area (Å²) >= 11 is 3.31. The van der Waals surface area contributed by atoms with Gasteiger partial charge in [-0.3, -0.25) is 0 Å². The highest BCUT2D eigenvalue weighted by molar-refractivity contribution is 9.10. The second-order valence-corrected chi connectivity index (χ2v) is 13.2. The number of halogens is 2. The highest BCUT2D eigenvalue weighted by Crippen LogP contribution is 2.44. The van der Waals surface area contributed by atoms with E-state index in [4.69, 9.17) is 9.47 Å². The number of benzene rings is 1. The first-order chi connectivity index (χ1) is 16.4. The molecule has 1 aromatic carbocycles. The first-order valence-electron chi connectivity index (χ1n) is 11.7. The Kier molecular flexibility index (Phi) is 5.99. The van der Waals surface area contributed by atoms with Crippen LogP contribution < -0.4 is 4.90 Å². The van der Waals surface area contributed by atoms with E-state index in [0.29, 0.717) is 29.9 Å². The minimum Gasteiger partial charge on any atom is -0.444 e. The van der Waals surface area contributed by atoms with E-state index in [-0.39, 0.29) is 52.3 Å². The van der Waals surface area contributed by atoms with E-state index in [0.717, 1.165) is 18.4 Å². The fourth-order valence-corrected chi connectivity index (χ4v) is 6.39. The second-order valence-electron chi connectivity index (χ2n) is 10.2. The first kappa shape index (κ1) is 24.6. The fraction of sp³-hybridized carbons (Fsp3) is 0.609. The highest BCUT2D eigenvalue weighted by atomic mass is 79.9. The Morgan fingerprint density at radius 3 is 2.40 bits per heavy atom. The van der Waals surface area contributed by atoms with Gasteiger partial charge in [0, 0.05) is 30.7 Å². The number of piperazine rings is 1. The Bertz CT molecular complexity index is 1320. The van der Waals surface area contributed by atoms with Crippen LogP contribution in [0.1, 0.15) is 51.7 Å². The van der Waals surface area contributed by atoms with E-state index in [1.54, 1.807) is 4.90 Å². The number of anilines is 1. The fourth-order valence-electron chi connectivity index (χ4n) is 5.13. The van der Waals surface area contributed by atoms with Gasteiger partial charge in [-0.1, -0.05) is 6.92 Å². The summed E-state index contributed by atoms with van der Waals surface area (Å²) in [5.74, 6) is -0.430. The lowest BCUT2D eigenvalue weighted by molar-refractivity contribution is 0.0209. The zero-order valence-electron chi connectivity index (χ0n) is 20.1. The van der Waals surface area contributed by atoms with Gasteiger partial charge in [0.25, 0.3) is 0 Å². The number of amides is 1. The average Bonchev–Trinajstić information content (AvgIpc) is 3.37. The van der Waals surface area contributed by atoms with Crippen molar-refractivity contribution in [2.45, 2.75) is 76.6 Å². The number of sulfone groups is 1. The molecule has 2 bridgehead atoms. The van der Waals surface area contributed by atoms with Crippen molar-refractivity contribution in [1.29, 1.82) is 0 Å². The van der Waals surface area contributed by atoms with Gasteiger partial charge in [0.15, 0.2) is 5.82 Å². The third kappa shape index (κ3) is 4.17. The molecule has 0 unspecified atom stereocenters. The minimum absolute atomic E-state index is 0.0351. The van der Waals surface area contributed by atoms with Crippen molar-refractivity contribution >= 4 is 48.6 Å². The molecule has 35 heavy (non-hydrogen) atoms. The lowest BCUT2D eigenvalue weighted by Crippen LogP contribution is -2.56. The molecule has 2 fully saturated rings. The van der Waals surface area contributed by atoms with Gasteiger partial charge in [0.1, 0.15) is 16.9 Å². The average molecular weight is 571 g/mol. The molecule has 0 N–H and O–H groups in total. The number of likely N-dealkylation sites (tertiary alicyclic amines) is 1. The summed E-state index contributed by atoms with van der Waals surface area (Å²) in [6.07, 6.45) is 1.21. The molecule has 0 spiro atoms. The van der Waals surface area contributed by atoms with E-state index >= 15 is 4.39 Å². The molecule has 0 aliphatic carbocycles. The van der Waals surface area contributed by atoms with Gasteiger partial charge >= 0.3 is 6.09 Å². The quantitative estimate of drug-likeness (QED) is 0.511. The molecule has 190 valence electrons. The second kappa shape index (κ2) is 8.52. The molecule has 4 heterocycles. The highest BCUT2D eigenvalue weighted by Gasteiger charge is 2.45. The summed E-state index contributed by atoms with van der Waals surface area (Å²) in [6.45, 7) is 8.31. The van der Waals surface area contributed by atoms with E-state index in [9.17, 15) is 13.2 Å². The van der Waals surface area contributed by atoms with Crippen LogP contribution in [0.25, 0.3) is 10.9 Å². The number of hydrogen-bond donors (Lipinski definition) is 0. The van der Waals surface area contributed by atoms with Crippen LogP contribution >= 0.6 is 15.9 Å². The molecule has 3 aliphatic heterocycles. The molecule has 9 nitrogen and oxygen atoms in total. The Labute approximate surface area is 212 Å². The molecule has 2 atom stereocenters. The number of ether oxygens (including phenoxy) is 2. The summed E-state index contributed by atoms with van der Waals surface area (Å²) in [5, 5.41) is 0.0945. The van der Waals surface area contributed by atoms with Crippen molar-refractivity contribution in [1.82, 2.24) is 14.9 Å². The van der Waals surface area contributed by atoms with Crippen LogP contribution in [0.3, 0.4) is 0 Å². The van der Waals surface area contributed by atoms with Crippen LogP contribution in [0.15, 0.2) is 9.63 Å². The summed E-state index contributed by atoms with van der Waals surface area (Å²) in [7, 11) is -3.80. The molecule has 12 heteroatoms. The van der Waals surface area contributed by atoms with Gasteiger partial charge < -0.3 is 19.3 Å². The van der Waals surface area contributed by atoms with E-state index in [1.807, 2.05) is 20.8 Å². The zero-order chi connectivity index (χ0) is 25.3. The topological polar surface area (TPSA) is 102 Å². The summed E-state index contributed by atoms with van der Waals surface area (Å²) < 4.78 is 52.5. The predicted octanol–water partition coefficient (Wildman–Crippen LogP) is 3.94. The van der Waals surface area contributed by atoms with E-state index < -0.39 is 21.3 Å². The number of carbonyl (C=O) groups is 1. The maximum atomic E-state index is 15.5. The van der Waals surface area contributed by atoms with E-state index in [2.05, 4.69) is 30.8 Å². The molecular weight excluding hydrogens is 543 g/mol. The zero-order valence-corrected chi connectivity index (χ0v) is 22.5. The van der Waals surface area contributed by atoms with E-state index in [1.165, 1.54) is 6.92 Å².